The van der Waals surface area contributed by atoms with Crippen molar-refractivity contribution in [2.24, 2.45) is 11.8 Å². The minimum Gasteiger partial charge on any atom is -0.481 e. The van der Waals surface area contributed by atoms with Crippen LogP contribution in [0.15, 0.2) is 24.3 Å². The Bertz CT molecular complexity index is 465. The molecule has 1 fully saturated rings. The van der Waals surface area contributed by atoms with Crippen molar-refractivity contribution < 1.29 is 14.7 Å². The maximum Gasteiger partial charge on any atom is 0.306 e. The van der Waals surface area contributed by atoms with Crippen LogP contribution in [0.25, 0.3) is 0 Å². The number of ketones is 1. The van der Waals surface area contributed by atoms with Gasteiger partial charge < -0.3 is 5.11 Å². The molecule has 1 aromatic carbocycles. The standard InChI is InChI=1S/C15H18O3/c1-10-4-2-5-11(8-10)14(16)12-6-3-7-13(9-12)15(17)18/h2,4-5,8,12-13H,3,6-7,9H2,1H3,(H,17,18)/t12-,13+/m1/s1. The van der Waals surface area contributed by atoms with E-state index in [1.54, 1.807) is 0 Å². The van der Waals surface area contributed by atoms with Crippen molar-refractivity contribution in [3.8, 4) is 0 Å². The minimum atomic E-state index is -0.767. The van der Waals surface area contributed by atoms with Gasteiger partial charge in [0, 0.05) is 11.5 Å². The molecule has 0 spiro atoms. The second-order valence-electron chi connectivity index (χ2n) is 5.13. The number of aryl methyl sites for hydroxylation is 1. The molecule has 2 atom stereocenters. The second-order valence-corrected chi connectivity index (χ2v) is 5.13. The van der Waals surface area contributed by atoms with Gasteiger partial charge in [-0.15, -0.1) is 0 Å². The van der Waals surface area contributed by atoms with E-state index in [4.69, 9.17) is 5.11 Å². The Morgan fingerprint density at radius 3 is 2.61 bits per heavy atom. The van der Waals surface area contributed by atoms with E-state index in [1.807, 2.05) is 31.2 Å². The zero-order valence-corrected chi connectivity index (χ0v) is 10.6. The molecule has 3 heteroatoms. The summed E-state index contributed by atoms with van der Waals surface area (Å²) in [4.78, 5) is 23.3. The normalized spacial score (nSPS) is 23.6. The average molecular weight is 246 g/mol. The summed E-state index contributed by atoms with van der Waals surface area (Å²) in [6.07, 6.45) is 2.84. The molecule has 0 amide bonds. The van der Waals surface area contributed by atoms with E-state index in [0.29, 0.717) is 18.4 Å². The summed E-state index contributed by atoms with van der Waals surface area (Å²) in [5, 5.41) is 9.04. The third-order valence-electron chi connectivity index (χ3n) is 3.70. The van der Waals surface area contributed by atoms with Crippen molar-refractivity contribution in [1.82, 2.24) is 0 Å². The van der Waals surface area contributed by atoms with Gasteiger partial charge in [-0.2, -0.15) is 0 Å². The van der Waals surface area contributed by atoms with Crippen LogP contribution in [0.3, 0.4) is 0 Å². The largest absolute Gasteiger partial charge is 0.481 e. The number of rotatable bonds is 3. The Kier molecular flexibility index (Phi) is 3.80. The third-order valence-corrected chi connectivity index (χ3v) is 3.70. The van der Waals surface area contributed by atoms with Crippen molar-refractivity contribution >= 4 is 11.8 Å². The summed E-state index contributed by atoms with van der Waals surface area (Å²) >= 11 is 0. The van der Waals surface area contributed by atoms with Gasteiger partial charge in [0.1, 0.15) is 0 Å². The first-order valence-electron chi connectivity index (χ1n) is 6.41. The van der Waals surface area contributed by atoms with Crippen molar-refractivity contribution in [1.29, 1.82) is 0 Å². The van der Waals surface area contributed by atoms with E-state index in [2.05, 4.69) is 0 Å². The Labute approximate surface area is 107 Å². The summed E-state index contributed by atoms with van der Waals surface area (Å²) in [7, 11) is 0. The number of benzene rings is 1. The van der Waals surface area contributed by atoms with Gasteiger partial charge >= 0.3 is 5.97 Å². The van der Waals surface area contributed by atoms with Crippen molar-refractivity contribution in [2.75, 3.05) is 0 Å². The van der Waals surface area contributed by atoms with Crippen LogP contribution in [-0.2, 0) is 4.79 Å². The van der Waals surface area contributed by atoms with Crippen LogP contribution in [0.5, 0.6) is 0 Å². The van der Waals surface area contributed by atoms with Crippen LogP contribution in [0.2, 0.25) is 0 Å². The predicted molar refractivity (Wildman–Crippen MR) is 68.6 cm³/mol. The fourth-order valence-electron chi connectivity index (χ4n) is 2.69. The van der Waals surface area contributed by atoms with E-state index in [1.165, 1.54) is 0 Å². The molecule has 0 heterocycles. The fourth-order valence-corrected chi connectivity index (χ4v) is 2.69. The van der Waals surface area contributed by atoms with E-state index >= 15 is 0 Å². The number of carbonyl (C=O) groups excluding carboxylic acids is 1. The monoisotopic (exact) mass is 246 g/mol. The lowest BCUT2D eigenvalue weighted by molar-refractivity contribution is -0.143. The molecular formula is C15H18O3. The lowest BCUT2D eigenvalue weighted by atomic mass is 9.78. The molecule has 0 aromatic heterocycles. The van der Waals surface area contributed by atoms with Crippen LogP contribution in [0.4, 0.5) is 0 Å². The highest BCUT2D eigenvalue weighted by Gasteiger charge is 2.31. The zero-order valence-electron chi connectivity index (χ0n) is 10.6. The first-order chi connectivity index (χ1) is 8.58. The maximum atomic E-state index is 12.3. The van der Waals surface area contributed by atoms with E-state index in [-0.39, 0.29) is 17.6 Å². The Morgan fingerprint density at radius 1 is 1.22 bits per heavy atom. The smallest absolute Gasteiger partial charge is 0.306 e. The highest BCUT2D eigenvalue weighted by molar-refractivity contribution is 5.98. The van der Waals surface area contributed by atoms with Gasteiger partial charge in [-0.05, 0) is 32.3 Å². The van der Waals surface area contributed by atoms with Gasteiger partial charge in [0.15, 0.2) is 5.78 Å². The molecule has 0 saturated heterocycles. The molecule has 1 aromatic rings. The number of carboxylic acid groups (broad SMARTS) is 1. The van der Waals surface area contributed by atoms with Crippen LogP contribution < -0.4 is 0 Å². The van der Waals surface area contributed by atoms with Crippen LogP contribution in [0.1, 0.15) is 41.6 Å². The molecule has 18 heavy (non-hydrogen) atoms. The predicted octanol–water partition coefficient (Wildman–Crippen LogP) is 3.07. The summed E-state index contributed by atoms with van der Waals surface area (Å²) in [6, 6.07) is 7.53. The van der Waals surface area contributed by atoms with E-state index in [0.717, 1.165) is 18.4 Å². The number of carboxylic acids is 1. The zero-order chi connectivity index (χ0) is 13.1. The van der Waals surface area contributed by atoms with E-state index < -0.39 is 5.97 Å². The fraction of sp³-hybridized carbons (Fsp3) is 0.467. The quantitative estimate of drug-likeness (QED) is 0.834. The number of hydrogen-bond acceptors (Lipinski definition) is 2. The minimum absolute atomic E-state index is 0.102. The second kappa shape index (κ2) is 5.34. The molecular weight excluding hydrogens is 228 g/mol. The molecule has 1 saturated carbocycles. The molecule has 0 unspecified atom stereocenters. The molecule has 3 nitrogen and oxygen atoms in total. The Morgan fingerprint density at radius 2 is 1.94 bits per heavy atom. The molecule has 0 radical (unpaired) electrons. The Hall–Kier alpha value is -1.64. The molecule has 2 rings (SSSR count). The molecule has 96 valence electrons. The molecule has 1 N–H and O–H groups in total. The van der Waals surface area contributed by atoms with Crippen molar-refractivity contribution in [3.05, 3.63) is 35.4 Å². The number of aliphatic carboxylic acids is 1. The summed E-state index contributed by atoms with van der Waals surface area (Å²) in [6.45, 7) is 1.96. The van der Waals surface area contributed by atoms with Gasteiger partial charge in [0.25, 0.3) is 0 Å². The van der Waals surface area contributed by atoms with Gasteiger partial charge in [-0.1, -0.05) is 30.2 Å². The molecule has 0 bridgehead atoms. The van der Waals surface area contributed by atoms with Crippen LogP contribution >= 0.6 is 0 Å². The first-order valence-corrected chi connectivity index (χ1v) is 6.41. The van der Waals surface area contributed by atoms with Gasteiger partial charge in [-0.3, -0.25) is 9.59 Å². The van der Waals surface area contributed by atoms with Crippen LogP contribution in [0, 0.1) is 18.8 Å². The summed E-state index contributed by atoms with van der Waals surface area (Å²) in [5.74, 6) is -1.14. The van der Waals surface area contributed by atoms with Gasteiger partial charge in [-0.25, -0.2) is 0 Å². The summed E-state index contributed by atoms with van der Waals surface area (Å²) in [5.41, 5.74) is 1.78. The van der Waals surface area contributed by atoms with Gasteiger partial charge in [0.2, 0.25) is 0 Å². The molecule has 1 aliphatic rings. The van der Waals surface area contributed by atoms with Crippen molar-refractivity contribution in [2.45, 2.75) is 32.6 Å². The number of carbonyl (C=O) groups is 2. The first kappa shape index (κ1) is 12.8. The number of hydrogen-bond donors (Lipinski definition) is 1. The molecule has 0 aliphatic heterocycles. The maximum absolute atomic E-state index is 12.3. The topological polar surface area (TPSA) is 54.4 Å². The van der Waals surface area contributed by atoms with Gasteiger partial charge in [0.05, 0.1) is 5.92 Å². The van der Waals surface area contributed by atoms with Crippen LogP contribution in [-0.4, -0.2) is 16.9 Å². The summed E-state index contributed by atoms with van der Waals surface area (Å²) < 4.78 is 0. The highest BCUT2D eigenvalue weighted by Crippen LogP contribution is 2.31. The number of Topliss-reactive ketones (excluding diaryl/α,β-unsaturated/α-hetero) is 1. The van der Waals surface area contributed by atoms with E-state index in [9.17, 15) is 9.59 Å². The Balaban J connectivity index is 2.11. The third kappa shape index (κ3) is 2.78. The highest BCUT2D eigenvalue weighted by atomic mass is 16.4. The van der Waals surface area contributed by atoms with Crippen molar-refractivity contribution in [3.63, 3.8) is 0 Å². The lowest BCUT2D eigenvalue weighted by Gasteiger charge is -2.25. The lowest BCUT2D eigenvalue weighted by Crippen LogP contribution is -2.27. The average Bonchev–Trinajstić information content (AvgIpc) is 2.38. The SMILES string of the molecule is Cc1cccc(C(=O)[C@@H]2CCC[C@H](C(=O)O)C2)c1. The molecule has 1 aliphatic carbocycles.